The van der Waals surface area contributed by atoms with Crippen LogP contribution in [0.5, 0.6) is 0 Å². The Hall–Kier alpha value is -3.49. The highest BCUT2D eigenvalue weighted by atomic mass is 19.3. The second kappa shape index (κ2) is 9.64. The number of amides is 2. The average Bonchev–Trinajstić information content (AvgIpc) is 3.63. The molecule has 0 saturated heterocycles. The Bertz CT molecular complexity index is 1090. The molecule has 0 spiro atoms. The number of carboxylic acids is 1. The predicted molar refractivity (Wildman–Crippen MR) is 124 cm³/mol. The predicted octanol–water partition coefficient (Wildman–Crippen LogP) is 4.26. The summed E-state index contributed by atoms with van der Waals surface area (Å²) in [4.78, 5) is 37.2. The van der Waals surface area contributed by atoms with E-state index < -0.39 is 41.9 Å². The molecule has 2 N–H and O–H groups in total. The highest BCUT2D eigenvalue weighted by Crippen LogP contribution is 2.45. The van der Waals surface area contributed by atoms with E-state index in [1.807, 2.05) is 48.5 Å². The third-order valence-corrected chi connectivity index (χ3v) is 6.81. The Morgan fingerprint density at radius 3 is 2.11 bits per heavy atom. The van der Waals surface area contributed by atoms with Gasteiger partial charge in [-0.1, -0.05) is 48.5 Å². The van der Waals surface area contributed by atoms with Crippen molar-refractivity contribution in [2.24, 2.45) is 5.92 Å². The summed E-state index contributed by atoms with van der Waals surface area (Å²) in [6, 6.07) is 12.3. The number of alkyl carbamates (subject to hydrolysis) is 1. The molecule has 2 unspecified atom stereocenters. The number of nitrogens with zero attached hydrogens (tertiary/aromatic N) is 1. The maximum atomic E-state index is 15.3. The molecule has 186 valence electrons. The van der Waals surface area contributed by atoms with Gasteiger partial charge in [0.05, 0.1) is 0 Å². The lowest BCUT2D eigenvalue weighted by Gasteiger charge is -2.33. The van der Waals surface area contributed by atoms with Crippen LogP contribution in [0.15, 0.2) is 48.5 Å². The van der Waals surface area contributed by atoms with Crippen molar-refractivity contribution in [1.82, 2.24) is 10.2 Å². The molecule has 0 aromatic heterocycles. The number of likely N-dealkylation sites (N-methyl/N-ethyl adjacent to an activating group) is 1. The number of hydrogen-bond acceptors (Lipinski definition) is 4. The van der Waals surface area contributed by atoms with E-state index in [1.54, 1.807) is 0 Å². The highest BCUT2D eigenvalue weighted by molar-refractivity contribution is 5.89. The standard InChI is InChI=1S/C26H28F2N2O5/c1-3-30(15(2)23(31)32)24(33)26(27,28)22(16-12-13-16)29-25(34)35-14-21-19-10-6-4-8-17(19)18-9-5-7-11-20(18)21/h4-11,15-16,21-22H,3,12-14H2,1-2H3,(H,29,34)(H,31,32). The molecule has 0 radical (unpaired) electrons. The van der Waals surface area contributed by atoms with Gasteiger partial charge in [-0.25, -0.2) is 9.59 Å². The second-order valence-corrected chi connectivity index (χ2v) is 9.01. The van der Waals surface area contributed by atoms with Gasteiger partial charge in [0, 0.05) is 12.5 Å². The third-order valence-electron chi connectivity index (χ3n) is 6.81. The van der Waals surface area contributed by atoms with E-state index in [-0.39, 0.29) is 19.1 Å². The molecule has 1 fully saturated rings. The number of nitrogens with one attached hydrogen (secondary N) is 1. The highest BCUT2D eigenvalue weighted by Gasteiger charge is 2.56. The van der Waals surface area contributed by atoms with E-state index in [1.165, 1.54) is 13.8 Å². The number of benzene rings is 2. The molecule has 9 heteroatoms. The first-order valence-corrected chi connectivity index (χ1v) is 11.7. The molecule has 2 atom stereocenters. The Labute approximate surface area is 202 Å². The fourth-order valence-electron chi connectivity index (χ4n) is 4.75. The molecule has 4 rings (SSSR count). The topological polar surface area (TPSA) is 95.9 Å². The molecular formula is C26H28F2N2O5. The Morgan fingerprint density at radius 1 is 1.09 bits per heavy atom. The SMILES string of the molecule is CCN(C(=O)C(F)(F)C(NC(=O)OCC1c2ccccc2-c2ccccc21)C1CC1)C(C)C(=O)O. The van der Waals surface area contributed by atoms with Gasteiger partial charge in [-0.2, -0.15) is 8.78 Å². The summed E-state index contributed by atoms with van der Waals surface area (Å²) in [6.07, 6.45) is -0.180. The van der Waals surface area contributed by atoms with Gasteiger partial charge < -0.3 is 20.1 Å². The minimum absolute atomic E-state index is 0.0477. The van der Waals surface area contributed by atoms with Crippen molar-refractivity contribution in [3.8, 4) is 11.1 Å². The lowest BCUT2D eigenvalue weighted by molar-refractivity contribution is -0.169. The molecular weight excluding hydrogens is 458 g/mol. The molecule has 2 amide bonds. The molecule has 1 saturated carbocycles. The Morgan fingerprint density at radius 2 is 1.63 bits per heavy atom. The molecule has 2 aromatic carbocycles. The van der Waals surface area contributed by atoms with Gasteiger partial charge in [0.25, 0.3) is 5.91 Å². The molecule has 35 heavy (non-hydrogen) atoms. The van der Waals surface area contributed by atoms with Crippen LogP contribution in [0.3, 0.4) is 0 Å². The Kier molecular flexibility index (Phi) is 6.78. The van der Waals surface area contributed by atoms with Crippen LogP contribution in [0.1, 0.15) is 43.7 Å². The number of alkyl halides is 2. The lowest BCUT2D eigenvalue weighted by atomic mass is 9.98. The molecule has 0 bridgehead atoms. The van der Waals surface area contributed by atoms with E-state index in [0.29, 0.717) is 17.7 Å². The van der Waals surface area contributed by atoms with Crippen molar-refractivity contribution < 1.29 is 33.0 Å². The normalized spacial score (nSPS) is 16.6. The number of halogens is 2. The fraction of sp³-hybridized carbons (Fsp3) is 0.423. The van der Waals surface area contributed by atoms with Crippen LogP contribution in [0.4, 0.5) is 13.6 Å². The smallest absolute Gasteiger partial charge is 0.407 e. The summed E-state index contributed by atoms with van der Waals surface area (Å²) in [5.41, 5.74) is 4.05. The molecule has 2 aromatic rings. The van der Waals surface area contributed by atoms with Crippen LogP contribution >= 0.6 is 0 Å². The second-order valence-electron chi connectivity index (χ2n) is 9.01. The number of aliphatic carboxylic acids is 1. The maximum Gasteiger partial charge on any atom is 0.407 e. The van der Waals surface area contributed by atoms with E-state index in [0.717, 1.165) is 22.3 Å². The van der Waals surface area contributed by atoms with Crippen LogP contribution < -0.4 is 5.32 Å². The number of ether oxygens (including phenoxy) is 1. The monoisotopic (exact) mass is 486 g/mol. The third kappa shape index (κ3) is 4.72. The van der Waals surface area contributed by atoms with Crippen LogP contribution in [0, 0.1) is 5.92 Å². The average molecular weight is 487 g/mol. The molecule has 2 aliphatic rings. The number of fused-ring (bicyclic) bond motifs is 3. The zero-order chi connectivity index (χ0) is 25.3. The Balaban J connectivity index is 1.47. The van der Waals surface area contributed by atoms with Crippen LogP contribution in [-0.4, -0.2) is 59.1 Å². The number of carbonyl (C=O) groups is 3. The molecule has 0 aliphatic heterocycles. The van der Waals surface area contributed by atoms with E-state index in [2.05, 4.69) is 5.32 Å². The summed E-state index contributed by atoms with van der Waals surface area (Å²) in [5.74, 6) is -7.81. The maximum absolute atomic E-state index is 15.3. The van der Waals surface area contributed by atoms with Crippen molar-refractivity contribution >= 4 is 18.0 Å². The van der Waals surface area contributed by atoms with Crippen molar-refractivity contribution in [1.29, 1.82) is 0 Å². The molecule has 0 heterocycles. The molecule has 7 nitrogen and oxygen atoms in total. The summed E-state index contributed by atoms with van der Waals surface area (Å²) in [7, 11) is 0. The first-order valence-electron chi connectivity index (χ1n) is 11.7. The number of carbonyl (C=O) groups excluding carboxylic acids is 2. The van der Waals surface area contributed by atoms with Gasteiger partial charge in [-0.3, -0.25) is 4.79 Å². The quantitative estimate of drug-likeness (QED) is 0.552. The van der Waals surface area contributed by atoms with Gasteiger partial charge >= 0.3 is 18.0 Å². The zero-order valence-electron chi connectivity index (χ0n) is 19.5. The van der Waals surface area contributed by atoms with Gasteiger partial charge in [0.15, 0.2) is 0 Å². The van der Waals surface area contributed by atoms with E-state index >= 15 is 8.78 Å². The van der Waals surface area contributed by atoms with Gasteiger partial charge in [0.1, 0.15) is 18.7 Å². The van der Waals surface area contributed by atoms with E-state index in [4.69, 9.17) is 4.74 Å². The van der Waals surface area contributed by atoms with Crippen molar-refractivity contribution in [2.75, 3.05) is 13.2 Å². The summed E-state index contributed by atoms with van der Waals surface area (Å²) >= 11 is 0. The number of rotatable bonds is 9. The van der Waals surface area contributed by atoms with Crippen molar-refractivity contribution in [3.63, 3.8) is 0 Å². The van der Waals surface area contributed by atoms with Crippen LogP contribution in [0.2, 0.25) is 0 Å². The zero-order valence-corrected chi connectivity index (χ0v) is 19.5. The van der Waals surface area contributed by atoms with Crippen LogP contribution in [-0.2, 0) is 14.3 Å². The molecule has 2 aliphatic carbocycles. The first kappa shape index (κ1) is 24.6. The van der Waals surface area contributed by atoms with Crippen LogP contribution in [0.25, 0.3) is 11.1 Å². The lowest BCUT2D eigenvalue weighted by Crippen LogP contribution is -2.59. The van der Waals surface area contributed by atoms with Gasteiger partial charge in [-0.05, 0) is 54.9 Å². The minimum Gasteiger partial charge on any atom is -0.480 e. The minimum atomic E-state index is -3.98. The number of hydrogen-bond donors (Lipinski definition) is 2. The van der Waals surface area contributed by atoms with Gasteiger partial charge in [0.2, 0.25) is 0 Å². The summed E-state index contributed by atoms with van der Waals surface area (Å²) < 4.78 is 35.9. The largest absolute Gasteiger partial charge is 0.480 e. The van der Waals surface area contributed by atoms with Gasteiger partial charge in [-0.15, -0.1) is 0 Å². The summed E-state index contributed by atoms with van der Waals surface area (Å²) in [5, 5.41) is 11.4. The first-order chi connectivity index (χ1) is 16.7. The van der Waals surface area contributed by atoms with Crippen molar-refractivity contribution in [3.05, 3.63) is 59.7 Å². The fourth-order valence-corrected chi connectivity index (χ4v) is 4.75. The van der Waals surface area contributed by atoms with Crippen molar-refractivity contribution in [2.45, 2.75) is 50.6 Å². The summed E-state index contributed by atoms with van der Waals surface area (Å²) in [6.45, 7) is 2.35. The van der Waals surface area contributed by atoms with E-state index in [9.17, 15) is 19.5 Å². The number of carboxylic acid groups (broad SMARTS) is 1.